The summed E-state index contributed by atoms with van der Waals surface area (Å²) >= 11 is 0. The number of aldehydes is 1. The Hall–Kier alpha value is -4.61. The average molecular weight is 627 g/mol. The lowest BCUT2D eigenvalue weighted by molar-refractivity contribution is -0.156. The summed E-state index contributed by atoms with van der Waals surface area (Å²) in [7, 11) is 0. The molecule has 1 unspecified atom stereocenters. The molecule has 0 spiro atoms. The molecule has 1 atom stereocenters. The maximum absolute atomic E-state index is 14.9. The van der Waals surface area contributed by atoms with Crippen LogP contribution in [0.3, 0.4) is 0 Å². The second kappa shape index (κ2) is 13.2. The minimum absolute atomic E-state index is 0.0923. The molecule has 0 bridgehead atoms. The Morgan fingerprint density at radius 3 is 1.49 bits per heavy atom. The van der Waals surface area contributed by atoms with E-state index in [1.807, 2.05) is 91.0 Å². The largest absolute Gasteiger partial charge is 0.504 e. The smallest absolute Gasteiger partial charge is 0.336 e. The Morgan fingerprint density at radius 1 is 0.689 bits per heavy atom. The van der Waals surface area contributed by atoms with E-state index in [9.17, 15) is 24.6 Å². The van der Waals surface area contributed by atoms with Crippen molar-refractivity contribution in [2.45, 2.75) is 58.7 Å². The molecule has 45 heavy (non-hydrogen) atoms. The maximum atomic E-state index is 14.9. The van der Waals surface area contributed by atoms with Crippen LogP contribution in [-0.4, -0.2) is 44.9 Å². The molecule has 0 amide bonds. The second-order valence-corrected chi connectivity index (χ2v) is 16.0. The minimum Gasteiger partial charge on any atom is -0.504 e. The van der Waals surface area contributed by atoms with Crippen LogP contribution >= 0.6 is 6.89 Å². The van der Waals surface area contributed by atoms with Crippen LogP contribution in [0, 0.1) is 0 Å². The fraction of sp³-hybridized carbons (Fsp3) is 0.243. The van der Waals surface area contributed by atoms with Gasteiger partial charge in [-0.2, -0.15) is 0 Å². The number of hydrogen-bond acceptors (Lipinski definition) is 7. The molecule has 0 heterocycles. The van der Waals surface area contributed by atoms with Crippen molar-refractivity contribution in [1.29, 1.82) is 0 Å². The van der Waals surface area contributed by atoms with Crippen LogP contribution in [-0.2, 0) is 19.1 Å². The van der Waals surface area contributed by atoms with E-state index in [0.29, 0.717) is 6.29 Å². The molecule has 4 rings (SSSR count). The first-order valence-corrected chi connectivity index (χ1v) is 16.4. The SMILES string of the molecule is CC(C)(C)OC(=O)C(C(C(=O)OC(C)(C)C)c1cc(O)c(O)c(C=O)c1)=P(c1ccccc1)(c1ccccc1)c1ccccc1. The van der Waals surface area contributed by atoms with Gasteiger partial charge in [-0.25, -0.2) is 4.79 Å². The van der Waals surface area contributed by atoms with Crippen molar-refractivity contribution in [2.24, 2.45) is 0 Å². The topological polar surface area (TPSA) is 110 Å². The predicted octanol–water partition coefficient (Wildman–Crippen LogP) is 5.84. The lowest BCUT2D eigenvalue weighted by Crippen LogP contribution is -2.43. The summed E-state index contributed by atoms with van der Waals surface area (Å²) in [5.74, 6) is -4.22. The van der Waals surface area contributed by atoms with Gasteiger partial charge in [-0.3, -0.25) is 9.59 Å². The van der Waals surface area contributed by atoms with Gasteiger partial charge in [0.2, 0.25) is 0 Å². The van der Waals surface area contributed by atoms with Gasteiger partial charge < -0.3 is 19.7 Å². The molecule has 0 saturated carbocycles. The lowest BCUT2D eigenvalue weighted by Gasteiger charge is -2.36. The second-order valence-electron chi connectivity index (χ2n) is 12.6. The van der Waals surface area contributed by atoms with Crippen molar-refractivity contribution >= 4 is 46.3 Å². The molecule has 4 aromatic carbocycles. The molecule has 0 saturated heterocycles. The average Bonchev–Trinajstić information content (AvgIpc) is 2.98. The minimum atomic E-state index is -3.29. The van der Waals surface area contributed by atoms with E-state index in [1.165, 1.54) is 12.1 Å². The highest BCUT2D eigenvalue weighted by atomic mass is 31.2. The number of carbonyl (C=O) groups is 3. The van der Waals surface area contributed by atoms with Gasteiger partial charge in [0.05, 0.1) is 10.9 Å². The number of rotatable bonds is 8. The Balaban J connectivity index is 2.38. The van der Waals surface area contributed by atoms with Crippen LogP contribution in [0.4, 0.5) is 0 Å². The third kappa shape index (κ3) is 7.21. The predicted molar refractivity (Wildman–Crippen MR) is 180 cm³/mol. The van der Waals surface area contributed by atoms with Crippen LogP contribution in [0.1, 0.15) is 63.4 Å². The van der Waals surface area contributed by atoms with E-state index in [4.69, 9.17) is 9.47 Å². The molecule has 0 aliphatic heterocycles. The van der Waals surface area contributed by atoms with E-state index < -0.39 is 47.4 Å². The summed E-state index contributed by atoms with van der Waals surface area (Å²) in [6.45, 7) is 7.10. The van der Waals surface area contributed by atoms with Crippen molar-refractivity contribution in [3.8, 4) is 11.5 Å². The zero-order valence-electron chi connectivity index (χ0n) is 26.4. The normalized spacial score (nSPS) is 12.6. The highest BCUT2D eigenvalue weighted by Gasteiger charge is 2.44. The van der Waals surface area contributed by atoms with E-state index >= 15 is 0 Å². The molecule has 234 valence electrons. The van der Waals surface area contributed by atoms with Gasteiger partial charge in [-0.05, 0) is 82.0 Å². The summed E-state index contributed by atoms with van der Waals surface area (Å²) in [6, 6.07) is 30.9. The van der Waals surface area contributed by atoms with Crippen molar-refractivity contribution in [1.82, 2.24) is 0 Å². The first-order chi connectivity index (χ1) is 21.2. The summed E-state index contributed by atoms with van der Waals surface area (Å²) in [5.41, 5.74) is -2.07. The molecular weight excluding hydrogens is 587 g/mol. The van der Waals surface area contributed by atoms with Gasteiger partial charge in [-0.1, -0.05) is 91.0 Å². The maximum Gasteiger partial charge on any atom is 0.336 e. The molecule has 0 aliphatic rings. The molecule has 0 aliphatic carbocycles. The number of aromatic hydroxyl groups is 2. The molecule has 0 radical (unpaired) electrons. The van der Waals surface area contributed by atoms with Gasteiger partial charge in [0, 0.05) is 0 Å². The van der Waals surface area contributed by atoms with Crippen molar-refractivity contribution in [3.05, 3.63) is 114 Å². The quantitative estimate of drug-likeness (QED) is 0.109. The van der Waals surface area contributed by atoms with Gasteiger partial charge >= 0.3 is 11.9 Å². The van der Waals surface area contributed by atoms with Gasteiger partial charge in [0.15, 0.2) is 17.8 Å². The number of ether oxygens (including phenoxy) is 2. The Bertz CT molecular complexity index is 1630. The summed E-state index contributed by atoms with van der Waals surface area (Å²) < 4.78 is 12.1. The molecule has 0 fully saturated rings. The van der Waals surface area contributed by atoms with E-state index in [1.54, 1.807) is 41.5 Å². The molecule has 7 nitrogen and oxygen atoms in total. The highest BCUT2D eigenvalue weighted by Crippen LogP contribution is 2.50. The van der Waals surface area contributed by atoms with Crippen LogP contribution < -0.4 is 15.9 Å². The van der Waals surface area contributed by atoms with Crippen LogP contribution in [0.25, 0.3) is 0 Å². The van der Waals surface area contributed by atoms with Crippen LogP contribution in [0.5, 0.6) is 11.5 Å². The zero-order chi connectivity index (χ0) is 33.0. The monoisotopic (exact) mass is 626 g/mol. The fourth-order valence-corrected chi connectivity index (χ4v) is 9.83. The van der Waals surface area contributed by atoms with Crippen molar-refractivity contribution in [2.75, 3.05) is 0 Å². The number of hydrogen-bond donors (Lipinski definition) is 2. The van der Waals surface area contributed by atoms with Crippen molar-refractivity contribution in [3.63, 3.8) is 0 Å². The van der Waals surface area contributed by atoms with Crippen LogP contribution in [0.2, 0.25) is 0 Å². The first-order valence-electron chi connectivity index (χ1n) is 14.6. The Morgan fingerprint density at radius 2 is 1.11 bits per heavy atom. The zero-order valence-corrected chi connectivity index (χ0v) is 27.2. The van der Waals surface area contributed by atoms with E-state index in [2.05, 4.69) is 0 Å². The number of phenolic OH excluding ortho intramolecular Hbond substituents is 2. The third-order valence-electron chi connectivity index (χ3n) is 6.92. The highest BCUT2D eigenvalue weighted by molar-refractivity contribution is 7.96. The fourth-order valence-electron chi connectivity index (χ4n) is 5.28. The molecule has 4 aromatic rings. The van der Waals surface area contributed by atoms with Gasteiger partial charge in [0.25, 0.3) is 0 Å². The number of benzene rings is 4. The summed E-state index contributed by atoms with van der Waals surface area (Å²) in [6.07, 6.45) is 0.381. The molecule has 0 aromatic heterocycles. The first kappa shape index (κ1) is 33.3. The number of esters is 2. The van der Waals surface area contributed by atoms with Gasteiger partial charge in [-0.15, -0.1) is 0 Å². The van der Waals surface area contributed by atoms with Gasteiger partial charge in [0.1, 0.15) is 17.1 Å². The number of carbonyl (C=O) groups excluding carboxylic acids is 3. The summed E-state index contributed by atoms with van der Waals surface area (Å²) in [5, 5.41) is 23.6. The third-order valence-corrected chi connectivity index (χ3v) is 11.3. The summed E-state index contributed by atoms with van der Waals surface area (Å²) in [4.78, 5) is 41.5. The molecule has 2 N–H and O–H groups in total. The Labute approximate surface area is 264 Å². The van der Waals surface area contributed by atoms with E-state index in [0.717, 1.165) is 15.9 Å². The molecular formula is C37H39O7P. The van der Waals surface area contributed by atoms with Crippen molar-refractivity contribution < 1.29 is 34.1 Å². The lowest BCUT2D eigenvalue weighted by atomic mass is 9.93. The Kier molecular flexibility index (Phi) is 9.74. The molecule has 8 heteroatoms. The number of phenols is 2. The van der Waals surface area contributed by atoms with E-state index in [-0.39, 0.29) is 16.4 Å². The standard InChI is InChI=1S/C37H39O7P/c1-36(2,3)43-34(41)31(25-22-26(24-38)32(40)30(39)23-25)33(35(42)44-37(4,5)6)45(27-16-10-7-11-17-27,28-18-12-8-13-19-28)29-20-14-9-15-21-29/h7-24,31,39-40H,1-6H3. The van der Waals surface area contributed by atoms with Crippen LogP contribution in [0.15, 0.2) is 103 Å².